The van der Waals surface area contributed by atoms with Crippen molar-refractivity contribution < 1.29 is 13.2 Å². The Hall–Kier alpha value is -2.74. The van der Waals surface area contributed by atoms with Crippen LogP contribution >= 0.6 is 0 Å². The van der Waals surface area contributed by atoms with Gasteiger partial charge in [0.05, 0.1) is 29.7 Å². The van der Waals surface area contributed by atoms with E-state index in [1.54, 1.807) is 18.5 Å². The highest BCUT2D eigenvalue weighted by molar-refractivity contribution is 5.59. The fraction of sp³-hybridized carbons (Fsp3) is 0.381. The number of hydrogen-bond acceptors (Lipinski definition) is 4. The fourth-order valence-electron chi connectivity index (χ4n) is 3.76. The van der Waals surface area contributed by atoms with Crippen molar-refractivity contribution in [3.05, 3.63) is 66.1 Å². The summed E-state index contributed by atoms with van der Waals surface area (Å²) in [5.74, 6) is 1.21. The third-order valence-corrected chi connectivity index (χ3v) is 5.35. The molecule has 2 aromatic heterocycles. The Bertz CT molecular complexity index is 982. The summed E-state index contributed by atoms with van der Waals surface area (Å²) in [6.45, 7) is 2.58. The number of rotatable bonds is 4. The highest BCUT2D eigenvalue weighted by atomic mass is 19.4. The van der Waals surface area contributed by atoms with Gasteiger partial charge >= 0.3 is 6.18 Å². The van der Waals surface area contributed by atoms with Crippen molar-refractivity contribution in [2.24, 2.45) is 7.05 Å². The average Bonchev–Trinajstić information content (AvgIpc) is 3.12. The van der Waals surface area contributed by atoms with Crippen molar-refractivity contribution in [2.45, 2.75) is 31.5 Å². The van der Waals surface area contributed by atoms with Crippen LogP contribution in [-0.4, -0.2) is 37.5 Å². The molecule has 0 amide bonds. The minimum Gasteiger partial charge on any atom is -0.337 e. The van der Waals surface area contributed by atoms with E-state index < -0.39 is 11.7 Å². The standard InChI is InChI=1S/C21H22F3N5/c1-28-9-7-26-20(28)14-29-8-3-5-16(13-29)19-12-25-11-18(27-19)15-4-2-6-17(10-15)21(22,23)24/h2,4,6-7,9-12,16H,3,5,8,13-14H2,1H3/t16-/m1/s1. The van der Waals surface area contributed by atoms with Crippen LogP contribution < -0.4 is 0 Å². The highest BCUT2D eigenvalue weighted by Crippen LogP contribution is 2.32. The maximum absolute atomic E-state index is 13.0. The van der Waals surface area contributed by atoms with Crippen LogP contribution in [0.5, 0.6) is 0 Å². The van der Waals surface area contributed by atoms with Crippen molar-refractivity contribution in [2.75, 3.05) is 13.1 Å². The number of nitrogens with zero attached hydrogens (tertiary/aromatic N) is 5. The van der Waals surface area contributed by atoms with Gasteiger partial charge in [-0.2, -0.15) is 13.2 Å². The van der Waals surface area contributed by atoms with Gasteiger partial charge in [0.25, 0.3) is 0 Å². The molecule has 0 unspecified atom stereocenters. The fourth-order valence-corrected chi connectivity index (χ4v) is 3.76. The number of likely N-dealkylation sites (tertiary alicyclic amines) is 1. The first kappa shape index (κ1) is 19.6. The van der Waals surface area contributed by atoms with Crippen LogP contribution in [0.4, 0.5) is 13.2 Å². The molecule has 1 saturated heterocycles. The van der Waals surface area contributed by atoms with E-state index in [1.807, 2.05) is 17.8 Å². The Balaban J connectivity index is 1.53. The van der Waals surface area contributed by atoms with Gasteiger partial charge in [0.1, 0.15) is 5.82 Å². The normalized spacial score (nSPS) is 18.1. The maximum atomic E-state index is 13.0. The number of piperidine rings is 1. The monoisotopic (exact) mass is 401 g/mol. The molecule has 1 aliphatic rings. The van der Waals surface area contributed by atoms with Gasteiger partial charge in [-0.25, -0.2) is 9.97 Å². The molecule has 5 nitrogen and oxygen atoms in total. The molecule has 3 aromatic rings. The topological polar surface area (TPSA) is 46.8 Å². The van der Waals surface area contributed by atoms with E-state index in [0.717, 1.165) is 56.1 Å². The lowest BCUT2D eigenvalue weighted by Gasteiger charge is -2.32. The van der Waals surface area contributed by atoms with Crippen molar-refractivity contribution >= 4 is 0 Å². The molecule has 1 fully saturated rings. The van der Waals surface area contributed by atoms with E-state index in [0.29, 0.717) is 11.3 Å². The summed E-state index contributed by atoms with van der Waals surface area (Å²) < 4.78 is 41.1. The molecule has 1 aromatic carbocycles. The number of hydrogen-bond donors (Lipinski definition) is 0. The Labute approximate surface area is 167 Å². The first-order chi connectivity index (χ1) is 13.9. The van der Waals surface area contributed by atoms with Crippen LogP contribution in [0.1, 0.15) is 35.8 Å². The van der Waals surface area contributed by atoms with Gasteiger partial charge in [-0.05, 0) is 31.5 Å². The summed E-state index contributed by atoms with van der Waals surface area (Å²) in [6.07, 6.45) is 4.61. The molecule has 4 rings (SSSR count). The maximum Gasteiger partial charge on any atom is 0.416 e. The number of aromatic nitrogens is 4. The first-order valence-corrected chi connectivity index (χ1v) is 9.58. The SMILES string of the molecule is Cn1ccnc1CN1CCC[C@@H](c2cncc(-c3cccc(C(F)(F)F)c3)n2)C1. The number of imidazole rings is 1. The Morgan fingerprint density at radius 1 is 1.21 bits per heavy atom. The quantitative estimate of drug-likeness (QED) is 0.655. The molecule has 1 atom stereocenters. The van der Waals surface area contributed by atoms with Crippen LogP contribution in [0.3, 0.4) is 0 Å². The molecular formula is C21H22F3N5. The molecule has 3 heterocycles. The van der Waals surface area contributed by atoms with Gasteiger partial charge in [-0.1, -0.05) is 12.1 Å². The summed E-state index contributed by atoms with van der Waals surface area (Å²) in [7, 11) is 1.98. The Morgan fingerprint density at radius 3 is 2.83 bits per heavy atom. The summed E-state index contributed by atoms with van der Waals surface area (Å²) in [5.41, 5.74) is 1.04. The summed E-state index contributed by atoms with van der Waals surface area (Å²) >= 11 is 0. The van der Waals surface area contributed by atoms with E-state index in [-0.39, 0.29) is 5.92 Å². The molecule has 0 spiro atoms. The third kappa shape index (κ3) is 4.48. The highest BCUT2D eigenvalue weighted by Gasteiger charge is 2.30. The lowest BCUT2D eigenvalue weighted by Crippen LogP contribution is -2.35. The summed E-state index contributed by atoms with van der Waals surface area (Å²) in [5, 5.41) is 0. The minimum absolute atomic E-state index is 0.197. The van der Waals surface area contributed by atoms with Crippen molar-refractivity contribution in [3.8, 4) is 11.3 Å². The molecular weight excluding hydrogens is 379 g/mol. The molecule has 0 aliphatic carbocycles. The zero-order chi connectivity index (χ0) is 20.4. The molecule has 0 saturated carbocycles. The van der Waals surface area contributed by atoms with Crippen LogP contribution in [0, 0.1) is 0 Å². The van der Waals surface area contributed by atoms with Gasteiger partial charge in [0.2, 0.25) is 0 Å². The smallest absolute Gasteiger partial charge is 0.337 e. The van der Waals surface area contributed by atoms with Gasteiger partial charge in [0, 0.05) is 43.7 Å². The minimum atomic E-state index is -4.38. The lowest BCUT2D eigenvalue weighted by molar-refractivity contribution is -0.137. The molecule has 0 bridgehead atoms. The van der Waals surface area contributed by atoms with Crippen molar-refractivity contribution in [1.82, 2.24) is 24.4 Å². The van der Waals surface area contributed by atoms with Crippen LogP contribution in [0.2, 0.25) is 0 Å². The van der Waals surface area contributed by atoms with Gasteiger partial charge in [0.15, 0.2) is 0 Å². The molecule has 8 heteroatoms. The third-order valence-electron chi connectivity index (χ3n) is 5.35. The largest absolute Gasteiger partial charge is 0.416 e. The lowest BCUT2D eigenvalue weighted by atomic mass is 9.94. The second-order valence-corrected chi connectivity index (χ2v) is 7.44. The molecule has 152 valence electrons. The summed E-state index contributed by atoms with van der Waals surface area (Å²) in [4.78, 5) is 15.7. The zero-order valence-electron chi connectivity index (χ0n) is 16.1. The number of aryl methyl sites for hydroxylation is 1. The van der Waals surface area contributed by atoms with Crippen LogP contribution in [0.25, 0.3) is 11.3 Å². The van der Waals surface area contributed by atoms with E-state index in [1.165, 1.54) is 12.3 Å². The second-order valence-electron chi connectivity index (χ2n) is 7.44. The van der Waals surface area contributed by atoms with Crippen molar-refractivity contribution in [3.63, 3.8) is 0 Å². The molecule has 0 radical (unpaired) electrons. The second kappa shape index (κ2) is 7.94. The van der Waals surface area contributed by atoms with E-state index in [9.17, 15) is 13.2 Å². The zero-order valence-corrected chi connectivity index (χ0v) is 16.1. The van der Waals surface area contributed by atoms with E-state index in [4.69, 9.17) is 0 Å². The predicted octanol–water partition coefficient (Wildman–Crippen LogP) is 4.28. The van der Waals surface area contributed by atoms with E-state index in [2.05, 4.69) is 19.9 Å². The van der Waals surface area contributed by atoms with Gasteiger partial charge in [-0.3, -0.25) is 9.88 Å². The number of alkyl halides is 3. The van der Waals surface area contributed by atoms with Gasteiger partial charge in [-0.15, -0.1) is 0 Å². The van der Waals surface area contributed by atoms with Crippen molar-refractivity contribution in [1.29, 1.82) is 0 Å². The Kier molecular flexibility index (Phi) is 5.36. The predicted molar refractivity (Wildman–Crippen MR) is 103 cm³/mol. The summed E-state index contributed by atoms with van der Waals surface area (Å²) in [6, 6.07) is 5.23. The number of benzene rings is 1. The molecule has 29 heavy (non-hydrogen) atoms. The van der Waals surface area contributed by atoms with E-state index >= 15 is 0 Å². The number of halogens is 3. The average molecular weight is 401 g/mol. The first-order valence-electron chi connectivity index (χ1n) is 9.58. The molecule has 1 aliphatic heterocycles. The van der Waals surface area contributed by atoms with Gasteiger partial charge < -0.3 is 4.57 Å². The van der Waals surface area contributed by atoms with Crippen LogP contribution in [0.15, 0.2) is 49.1 Å². The molecule has 0 N–H and O–H groups in total. The Morgan fingerprint density at radius 2 is 2.07 bits per heavy atom. The van der Waals surface area contributed by atoms with Crippen LogP contribution in [-0.2, 0) is 19.8 Å².